The Hall–Kier alpha value is -0.940. The van der Waals surface area contributed by atoms with Crippen LogP contribution in [0.25, 0.3) is 0 Å². The summed E-state index contributed by atoms with van der Waals surface area (Å²) < 4.78 is 13.7. The van der Waals surface area contributed by atoms with Gasteiger partial charge in [0.05, 0.1) is 9.89 Å². The van der Waals surface area contributed by atoms with Gasteiger partial charge in [-0.25, -0.2) is 4.39 Å². The fourth-order valence-corrected chi connectivity index (χ4v) is 2.41. The number of carboxylic acids is 1. The third kappa shape index (κ3) is 1.64. The molecule has 1 aromatic rings. The third-order valence-corrected chi connectivity index (χ3v) is 3.75. The van der Waals surface area contributed by atoms with Crippen LogP contribution in [0.3, 0.4) is 0 Å². The van der Waals surface area contributed by atoms with Gasteiger partial charge >= 0.3 is 5.97 Å². The molecule has 0 amide bonds. The van der Waals surface area contributed by atoms with E-state index in [0.29, 0.717) is 22.9 Å². The van der Waals surface area contributed by atoms with Crippen molar-refractivity contribution in [2.45, 2.75) is 24.3 Å². The van der Waals surface area contributed by atoms with Crippen LogP contribution in [0.15, 0.2) is 22.7 Å². The first kappa shape index (κ1) is 11.5. The molecule has 1 fully saturated rings. The zero-order valence-corrected chi connectivity index (χ0v) is 10.00. The lowest BCUT2D eigenvalue weighted by atomic mass is 9.62. The van der Waals surface area contributed by atoms with Crippen LogP contribution in [0.1, 0.15) is 18.4 Å². The highest BCUT2D eigenvalue weighted by atomic mass is 79.9. The van der Waals surface area contributed by atoms with Crippen molar-refractivity contribution in [2.75, 3.05) is 0 Å². The average Bonchev–Trinajstić information content (AvgIpc) is 2.17. The normalized spacial score (nSPS) is 28.6. The Bertz CT molecular complexity index is 444. The van der Waals surface area contributed by atoms with Gasteiger partial charge < -0.3 is 10.8 Å². The number of rotatable bonds is 2. The Morgan fingerprint density at radius 2 is 2.19 bits per heavy atom. The molecule has 3 N–H and O–H groups in total. The molecule has 0 unspecified atom stereocenters. The van der Waals surface area contributed by atoms with Crippen LogP contribution in [0.5, 0.6) is 0 Å². The Balaban J connectivity index is 2.41. The van der Waals surface area contributed by atoms with Gasteiger partial charge in [-0.2, -0.15) is 0 Å². The van der Waals surface area contributed by atoms with Gasteiger partial charge in [0, 0.05) is 6.04 Å². The summed E-state index contributed by atoms with van der Waals surface area (Å²) in [4.78, 5) is 11.3. The molecular weight excluding hydrogens is 277 g/mol. The Morgan fingerprint density at radius 1 is 1.56 bits per heavy atom. The van der Waals surface area contributed by atoms with Crippen LogP contribution in [-0.2, 0) is 10.2 Å². The largest absolute Gasteiger partial charge is 0.481 e. The second-order valence-electron chi connectivity index (χ2n) is 4.18. The van der Waals surface area contributed by atoms with E-state index in [-0.39, 0.29) is 6.04 Å². The van der Waals surface area contributed by atoms with Gasteiger partial charge in [0.2, 0.25) is 0 Å². The number of hydrogen-bond donors (Lipinski definition) is 2. The molecule has 1 aromatic carbocycles. The quantitative estimate of drug-likeness (QED) is 0.875. The maximum absolute atomic E-state index is 13.4. The number of halogens is 2. The minimum absolute atomic E-state index is 0.109. The summed E-state index contributed by atoms with van der Waals surface area (Å²) in [6.45, 7) is 0. The molecule has 0 saturated heterocycles. The fraction of sp³-hybridized carbons (Fsp3) is 0.364. The molecule has 0 atom stereocenters. The molecule has 1 aliphatic rings. The highest BCUT2D eigenvalue weighted by molar-refractivity contribution is 9.10. The van der Waals surface area contributed by atoms with E-state index in [2.05, 4.69) is 15.9 Å². The van der Waals surface area contributed by atoms with Crippen LogP contribution in [0.2, 0.25) is 0 Å². The molecule has 0 bridgehead atoms. The van der Waals surface area contributed by atoms with Crippen LogP contribution >= 0.6 is 15.9 Å². The molecule has 2 rings (SSSR count). The average molecular weight is 288 g/mol. The first-order chi connectivity index (χ1) is 7.45. The fourth-order valence-electron chi connectivity index (χ4n) is 2.16. The first-order valence-corrected chi connectivity index (χ1v) is 5.69. The lowest BCUT2D eigenvalue weighted by Gasteiger charge is -2.43. The van der Waals surface area contributed by atoms with Crippen molar-refractivity contribution in [3.05, 3.63) is 34.1 Å². The van der Waals surface area contributed by atoms with E-state index < -0.39 is 17.2 Å². The first-order valence-electron chi connectivity index (χ1n) is 4.90. The maximum Gasteiger partial charge on any atom is 0.314 e. The van der Waals surface area contributed by atoms with Gasteiger partial charge in [-0.3, -0.25) is 4.79 Å². The number of carbonyl (C=O) groups is 1. The van der Waals surface area contributed by atoms with Crippen molar-refractivity contribution in [3.8, 4) is 0 Å². The van der Waals surface area contributed by atoms with Crippen molar-refractivity contribution < 1.29 is 14.3 Å². The maximum atomic E-state index is 13.4. The second-order valence-corrected chi connectivity index (χ2v) is 5.04. The highest BCUT2D eigenvalue weighted by Gasteiger charge is 2.50. The van der Waals surface area contributed by atoms with E-state index >= 15 is 0 Å². The standard InChI is InChI=1S/C11H11BrFNO2/c12-8-2-1-6(3-9(8)13)11(10(15)16)4-7(14)5-11/h1-3,7H,4-5,14H2,(H,15,16). The van der Waals surface area contributed by atoms with Crippen molar-refractivity contribution >= 4 is 21.9 Å². The van der Waals surface area contributed by atoms with Crippen LogP contribution < -0.4 is 5.73 Å². The summed E-state index contributed by atoms with van der Waals surface area (Å²) in [5.41, 5.74) is 5.12. The summed E-state index contributed by atoms with van der Waals surface area (Å²) in [6.07, 6.45) is 0.729. The van der Waals surface area contributed by atoms with Gasteiger partial charge in [0.15, 0.2) is 0 Å². The van der Waals surface area contributed by atoms with E-state index in [1.807, 2.05) is 0 Å². The second kappa shape index (κ2) is 3.82. The monoisotopic (exact) mass is 287 g/mol. The zero-order valence-electron chi connectivity index (χ0n) is 8.41. The summed E-state index contributed by atoms with van der Waals surface area (Å²) in [5, 5.41) is 9.23. The lowest BCUT2D eigenvalue weighted by Crippen LogP contribution is -2.54. The van der Waals surface area contributed by atoms with Crippen LogP contribution in [-0.4, -0.2) is 17.1 Å². The van der Waals surface area contributed by atoms with E-state index in [1.165, 1.54) is 12.1 Å². The topological polar surface area (TPSA) is 63.3 Å². The molecule has 3 nitrogen and oxygen atoms in total. The van der Waals surface area contributed by atoms with Crippen LogP contribution in [0.4, 0.5) is 4.39 Å². The predicted molar refractivity (Wildman–Crippen MR) is 60.6 cm³/mol. The zero-order chi connectivity index (χ0) is 11.9. The summed E-state index contributed by atoms with van der Waals surface area (Å²) in [7, 11) is 0. The Labute approximate surface area is 101 Å². The van der Waals surface area contributed by atoms with Gasteiger partial charge in [-0.05, 0) is 46.5 Å². The molecule has 1 aliphatic carbocycles. The number of nitrogens with two attached hydrogens (primary N) is 1. The number of benzene rings is 1. The Morgan fingerprint density at radius 3 is 2.62 bits per heavy atom. The Kier molecular flexibility index (Phi) is 2.75. The molecule has 86 valence electrons. The van der Waals surface area contributed by atoms with Crippen molar-refractivity contribution in [1.82, 2.24) is 0 Å². The van der Waals surface area contributed by atoms with Gasteiger partial charge in [-0.1, -0.05) is 6.07 Å². The smallest absolute Gasteiger partial charge is 0.314 e. The van der Waals surface area contributed by atoms with E-state index in [4.69, 9.17) is 5.73 Å². The molecular formula is C11H11BrFNO2. The van der Waals surface area contributed by atoms with Crippen molar-refractivity contribution in [3.63, 3.8) is 0 Å². The van der Waals surface area contributed by atoms with Crippen LogP contribution in [0, 0.1) is 5.82 Å². The number of hydrogen-bond acceptors (Lipinski definition) is 2. The molecule has 0 aromatic heterocycles. The van der Waals surface area contributed by atoms with Gasteiger partial charge in [0.25, 0.3) is 0 Å². The molecule has 0 aliphatic heterocycles. The number of aliphatic carboxylic acids is 1. The lowest BCUT2D eigenvalue weighted by molar-refractivity contribution is -0.148. The minimum Gasteiger partial charge on any atom is -0.481 e. The predicted octanol–water partition coefficient (Wildman–Crippen LogP) is 2.03. The SMILES string of the molecule is NC1CC(C(=O)O)(c2ccc(Br)c(F)c2)C1. The van der Waals surface area contributed by atoms with E-state index in [0.717, 1.165) is 0 Å². The third-order valence-electron chi connectivity index (χ3n) is 3.10. The minimum atomic E-state index is -0.999. The van der Waals surface area contributed by atoms with Crippen molar-refractivity contribution in [1.29, 1.82) is 0 Å². The summed E-state index contributed by atoms with van der Waals surface area (Å²) in [5.74, 6) is -1.38. The molecule has 0 radical (unpaired) electrons. The van der Waals surface area contributed by atoms with Gasteiger partial charge in [0.1, 0.15) is 5.82 Å². The molecule has 0 spiro atoms. The summed E-state index contributed by atoms with van der Waals surface area (Å²) >= 11 is 3.04. The molecule has 16 heavy (non-hydrogen) atoms. The number of carboxylic acid groups (broad SMARTS) is 1. The molecule has 0 heterocycles. The molecule has 1 saturated carbocycles. The summed E-state index contributed by atoms with van der Waals surface area (Å²) in [6, 6.07) is 4.32. The molecule has 5 heteroatoms. The highest BCUT2D eigenvalue weighted by Crippen LogP contribution is 2.43. The van der Waals surface area contributed by atoms with E-state index in [1.54, 1.807) is 6.07 Å². The van der Waals surface area contributed by atoms with Gasteiger partial charge in [-0.15, -0.1) is 0 Å². The van der Waals surface area contributed by atoms with Crippen molar-refractivity contribution in [2.24, 2.45) is 5.73 Å². The van der Waals surface area contributed by atoms with E-state index in [9.17, 15) is 14.3 Å².